The van der Waals surface area contributed by atoms with Gasteiger partial charge >= 0.3 is 12.2 Å². The molecular formula is C20H19ClF4N8O. The van der Waals surface area contributed by atoms with Crippen molar-refractivity contribution in [1.29, 1.82) is 0 Å². The number of halogens is 5. The van der Waals surface area contributed by atoms with Crippen LogP contribution in [0.4, 0.5) is 28.0 Å². The van der Waals surface area contributed by atoms with Crippen molar-refractivity contribution in [1.82, 2.24) is 34.7 Å². The maximum atomic E-state index is 14.7. The van der Waals surface area contributed by atoms with E-state index in [9.17, 15) is 22.4 Å². The van der Waals surface area contributed by atoms with Crippen molar-refractivity contribution in [2.75, 3.05) is 5.32 Å². The lowest BCUT2D eigenvalue weighted by Gasteiger charge is -2.63. The van der Waals surface area contributed by atoms with Crippen LogP contribution in [0.5, 0.6) is 0 Å². The van der Waals surface area contributed by atoms with Crippen LogP contribution < -0.4 is 5.32 Å². The van der Waals surface area contributed by atoms with Gasteiger partial charge in [-0.3, -0.25) is 0 Å². The quantitative estimate of drug-likeness (QED) is 0.546. The highest BCUT2D eigenvalue weighted by atomic mass is 35.5. The van der Waals surface area contributed by atoms with Gasteiger partial charge in [0.2, 0.25) is 0 Å². The van der Waals surface area contributed by atoms with E-state index in [-0.39, 0.29) is 11.2 Å². The van der Waals surface area contributed by atoms with E-state index in [2.05, 4.69) is 32.6 Å². The Morgan fingerprint density at radius 3 is 2.65 bits per heavy atom. The van der Waals surface area contributed by atoms with Crippen LogP contribution in [-0.2, 0) is 12.7 Å². The second-order valence-electron chi connectivity index (χ2n) is 8.87. The highest BCUT2D eigenvalue weighted by Gasteiger charge is 2.58. The zero-order valence-corrected chi connectivity index (χ0v) is 18.6. The first-order valence-corrected chi connectivity index (χ1v) is 10.9. The maximum Gasteiger partial charge on any atom is 0.418 e. The molecule has 2 bridgehead atoms. The molecular weight excluding hydrogens is 480 g/mol. The second-order valence-corrected chi connectivity index (χ2v) is 9.25. The molecule has 9 nitrogen and oxygen atoms in total. The molecule has 180 valence electrons. The number of anilines is 1. The van der Waals surface area contributed by atoms with Crippen LogP contribution in [0.2, 0.25) is 5.15 Å². The molecule has 1 aliphatic carbocycles. The van der Waals surface area contributed by atoms with Crippen LogP contribution in [0.25, 0.3) is 5.69 Å². The molecule has 4 heterocycles. The topological polar surface area (TPSA) is 93.8 Å². The first kappa shape index (κ1) is 22.6. The molecule has 1 N–H and O–H groups in total. The van der Waals surface area contributed by atoms with E-state index in [1.807, 2.05) is 0 Å². The van der Waals surface area contributed by atoms with Gasteiger partial charge in [-0.05, 0) is 37.3 Å². The normalized spacial score (nSPS) is 24.1. The van der Waals surface area contributed by atoms with Crippen molar-refractivity contribution < 1.29 is 22.4 Å². The summed E-state index contributed by atoms with van der Waals surface area (Å²) in [7, 11) is 0. The van der Waals surface area contributed by atoms with Crippen molar-refractivity contribution in [2.45, 2.75) is 50.5 Å². The van der Waals surface area contributed by atoms with Gasteiger partial charge in [0.1, 0.15) is 24.2 Å². The van der Waals surface area contributed by atoms with E-state index in [4.69, 9.17) is 11.6 Å². The molecule has 2 aliphatic heterocycles. The lowest BCUT2D eigenvalue weighted by molar-refractivity contribution is -0.137. The van der Waals surface area contributed by atoms with Gasteiger partial charge in [-0.1, -0.05) is 18.5 Å². The van der Waals surface area contributed by atoms with Crippen molar-refractivity contribution in [3.8, 4) is 5.69 Å². The number of piperidine rings is 1. The van der Waals surface area contributed by atoms with Gasteiger partial charge < -0.3 is 14.8 Å². The second kappa shape index (κ2) is 7.93. The van der Waals surface area contributed by atoms with Crippen LogP contribution in [-0.4, -0.2) is 52.3 Å². The van der Waals surface area contributed by atoms with Gasteiger partial charge in [-0.25, -0.2) is 9.18 Å². The third-order valence-electron chi connectivity index (χ3n) is 6.37. The average Bonchev–Trinajstić information content (AvgIpc) is 3.39. The number of benzene rings is 1. The van der Waals surface area contributed by atoms with Gasteiger partial charge in [0.05, 0.1) is 23.0 Å². The van der Waals surface area contributed by atoms with Crippen LogP contribution in [0.1, 0.15) is 31.7 Å². The molecule has 34 heavy (non-hydrogen) atoms. The Morgan fingerprint density at radius 1 is 1.26 bits per heavy atom. The van der Waals surface area contributed by atoms with Crippen LogP contribution in [0, 0.1) is 11.7 Å². The molecule has 1 unspecified atom stereocenters. The third kappa shape index (κ3) is 3.87. The highest BCUT2D eigenvalue weighted by Crippen LogP contribution is 2.51. The molecule has 3 aromatic rings. The molecule has 3 fully saturated rings. The summed E-state index contributed by atoms with van der Waals surface area (Å²) in [6.07, 6.45) is 1.56. The number of rotatable bonds is 4. The fourth-order valence-electron chi connectivity index (χ4n) is 5.29. The zero-order valence-electron chi connectivity index (χ0n) is 17.8. The number of nitrogens with one attached hydrogen (secondary N) is 1. The molecule has 1 aromatic carbocycles. The summed E-state index contributed by atoms with van der Waals surface area (Å²) in [5, 5.41) is 17.3. The number of alkyl halides is 3. The SMILES string of the molecule is C[C@H]1C[C@@H]2CC(Cn3cnnc3)(C1)N2C(=O)Nc1cc(-n2ncc(Cl)n2)c(C(F)(F)F)cc1F. The fourth-order valence-corrected chi connectivity index (χ4v) is 5.40. The van der Waals surface area contributed by atoms with Crippen molar-refractivity contribution >= 4 is 23.3 Å². The maximum absolute atomic E-state index is 14.7. The number of fused-ring (bicyclic) bond motifs is 2. The van der Waals surface area contributed by atoms with E-state index in [0.29, 0.717) is 23.3 Å². The Hall–Kier alpha value is -3.22. The first-order chi connectivity index (χ1) is 16.1. The minimum absolute atomic E-state index is 0.0520. The van der Waals surface area contributed by atoms with E-state index in [1.165, 1.54) is 0 Å². The largest absolute Gasteiger partial charge is 0.418 e. The van der Waals surface area contributed by atoms with Gasteiger partial charge in [0, 0.05) is 12.6 Å². The van der Waals surface area contributed by atoms with Crippen molar-refractivity contribution in [2.24, 2.45) is 5.92 Å². The van der Waals surface area contributed by atoms with Crippen LogP contribution >= 0.6 is 11.6 Å². The summed E-state index contributed by atoms with van der Waals surface area (Å²) in [5.41, 5.74) is -2.79. The number of urea groups is 1. The minimum Gasteiger partial charge on any atom is -0.318 e. The van der Waals surface area contributed by atoms with Gasteiger partial charge in [0.15, 0.2) is 5.15 Å². The standard InChI is InChI=1S/C20H19ClF4N8O/c1-11-2-12-6-19(5-11,8-31-9-26-27-10-31)32(12)18(34)29-15-4-16(33-28-7-17(21)30-33)13(3-14(15)22)20(23,24)25/h3-4,7,9-12H,2,5-6,8H2,1H3,(H,29,34)/t11-,12+,19?/m0/s1. The first-order valence-electron chi connectivity index (χ1n) is 10.5. The summed E-state index contributed by atoms with van der Waals surface area (Å²) in [6, 6.07) is 0.529. The summed E-state index contributed by atoms with van der Waals surface area (Å²) in [6.45, 7) is 2.57. The minimum atomic E-state index is -4.88. The highest BCUT2D eigenvalue weighted by molar-refractivity contribution is 6.29. The Kier molecular flexibility index (Phi) is 5.26. The number of carbonyl (C=O) groups is 1. The molecule has 0 radical (unpaired) electrons. The summed E-state index contributed by atoms with van der Waals surface area (Å²) >= 11 is 5.70. The number of carbonyl (C=O) groups excluding carboxylic acids is 1. The van der Waals surface area contributed by atoms with Gasteiger partial charge in [-0.15, -0.1) is 20.1 Å². The number of amides is 2. The predicted octanol–water partition coefficient (Wildman–Crippen LogP) is 4.15. The molecule has 0 spiro atoms. The summed E-state index contributed by atoms with van der Waals surface area (Å²) in [5.74, 6) is -0.848. The molecule has 2 aromatic heterocycles. The van der Waals surface area contributed by atoms with Crippen LogP contribution in [0.3, 0.4) is 0 Å². The molecule has 6 rings (SSSR count). The smallest absolute Gasteiger partial charge is 0.318 e. The average molecular weight is 499 g/mol. The Bertz CT molecular complexity index is 1230. The number of hydrogen-bond acceptors (Lipinski definition) is 5. The number of hydrogen-bond donors (Lipinski definition) is 1. The van der Waals surface area contributed by atoms with Gasteiger partial charge in [0.25, 0.3) is 0 Å². The van der Waals surface area contributed by atoms with E-state index >= 15 is 0 Å². The summed E-state index contributed by atoms with van der Waals surface area (Å²) < 4.78 is 57.2. The van der Waals surface area contributed by atoms with E-state index in [1.54, 1.807) is 22.1 Å². The number of aromatic nitrogens is 6. The van der Waals surface area contributed by atoms with E-state index in [0.717, 1.165) is 31.5 Å². The zero-order chi connectivity index (χ0) is 24.3. The lowest BCUT2D eigenvalue weighted by Crippen LogP contribution is -2.73. The summed E-state index contributed by atoms with van der Waals surface area (Å²) in [4.78, 5) is 15.6. The molecule has 3 atom stereocenters. The lowest BCUT2D eigenvalue weighted by atomic mass is 9.64. The molecule has 14 heteroatoms. The van der Waals surface area contributed by atoms with Gasteiger partial charge in [-0.2, -0.15) is 18.3 Å². The Morgan fingerprint density at radius 2 is 2.00 bits per heavy atom. The monoisotopic (exact) mass is 498 g/mol. The Labute approximate surface area is 195 Å². The molecule has 3 aliphatic rings. The molecule has 2 amide bonds. The fraction of sp³-hybridized carbons (Fsp3) is 0.450. The van der Waals surface area contributed by atoms with Crippen LogP contribution in [0.15, 0.2) is 31.0 Å². The molecule has 1 saturated carbocycles. The predicted molar refractivity (Wildman–Crippen MR) is 112 cm³/mol. The third-order valence-corrected chi connectivity index (χ3v) is 6.54. The van der Waals surface area contributed by atoms with E-state index < -0.39 is 40.5 Å². The Balaban J connectivity index is 1.46. The number of nitrogens with zero attached hydrogens (tertiary/aromatic N) is 7. The molecule has 2 saturated heterocycles. The van der Waals surface area contributed by atoms with Crippen molar-refractivity contribution in [3.63, 3.8) is 0 Å². The van der Waals surface area contributed by atoms with Crippen molar-refractivity contribution in [3.05, 3.63) is 47.5 Å².